The molecule has 0 aromatic heterocycles. The topological polar surface area (TPSA) is 303 Å². The van der Waals surface area contributed by atoms with Crippen LogP contribution in [0.3, 0.4) is 0 Å². The number of ether oxygens (including phenoxy) is 1. The standard InChI is InChI=1S/C6H13NO5.5C3H6O2/c7-3-5(10)4(9)2(1-8)12-6(3)11;5*1-2-3(4)5/h2-6,8-11H,1,7H2;5*2H2,1H3,(H,4,5)/t2-,3-,4-,5-,6+;;;;;/m1...../s1. The molecule has 1 rings (SSSR count). The lowest BCUT2D eigenvalue weighted by Crippen LogP contribution is -2.61. The molecule has 0 spiro atoms. The van der Waals surface area contributed by atoms with Crippen LogP contribution in [0.4, 0.5) is 0 Å². The van der Waals surface area contributed by atoms with Gasteiger partial charge in [0, 0.05) is 32.1 Å². The molecular weight excluding hydrogens is 506 g/mol. The normalized spacial score (nSPS) is 21.0. The van der Waals surface area contributed by atoms with Crippen LogP contribution in [0.25, 0.3) is 0 Å². The third-order valence-corrected chi connectivity index (χ3v) is 3.46. The quantitative estimate of drug-likeness (QED) is 0.193. The van der Waals surface area contributed by atoms with E-state index in [-0.39, 0.29) is 32.1 Å². The maximum atomic E-state index is 9.37. The number of carboxylic acids is 5. The molecule has 1 saturated heterocycles. The number of nitrogens with two attached hydrogens (primary N) is 1. The highest BCUT2D eigenvalue weighted by molar-refractivity contribution is 5.67. The Bertz CT molecular complexity index is 529. The Kier molecular flexibility index (Phi) is 35.0. The van der Waals surface area contributed by atoms with Crippen LogP contribution in [0.15, 0.2) is 0 Å². The Morgan fingerprint density at radius 2 is 0.811 bits per heavy atom. The summed E-state index contributed by atoms with van der Waals surface area (Å²) in [6.07, 6.45) is -3.74. The molecule has 1 aliphatic rings. The summed E-state index contributed by atoms with van der Waals surface area (Å²) in [6, 6.07) is -1.04. The summed E-state index contributed by atoms with van der Waals surface area (Å²) in [5, 5.41) is 74.7. The lowest BCUT2D eigenvalue weighted by atomic mass is 9.98. The minimum absolute atomic E-state index is 0.222. The molecule has 16 heteroatoms. The first-order valence-corrected chi connectivity index (χ1v) is 11.1. The maximum absolute atomic E-state index is 9.37. The summed E-state index contributed by atoms with van der Waals surface area (Å²) in [5.74, 6) is -3.73. The van der Waals surface area contributed by atoms with Crippen LogP contribution < -0.4 is 5.73 Å². The van der Waals surface area contributed by atoms with E-state index in [1.165, 1.54) is 0 Å². The van der Waals surface area contributed by atoms with Gasteiger partial charge in [0.15, 0.2) is 6.29 Å². The Morgan fingerprint density at radius 1 is 0.595 bits per heavy atom. The number of hydrogen-bond acceptors (Lipinski definition) is 11. The number of aliphatic hydroxyl groups excluding tert-OH is 4. The number of aliphatic carboxylic acids is 5. The van der Waals surface area contributed by atoms with Crippen molar-refractivity contribution in [3.05, 3.63) is 0 Å². The van der Waals surface area contributed by atoms with Crippen molar-refractivity contribution in [2.75, 3.05) is 6.61 Å². The van der Waals surface area contributed by atoms with E-state index in [1.54, 1.807) is 34.6 Å². The highest BCUT2D eigenvalue weighted by Crippen LogP contribution is 2.17. The number of rotatable bonds is 6. The van der Waals surface area contributed by atoms with Crippen molar-refractivity contribution in [1.82, 2.24) is 0 Å². The molecule has 0 aromatic rings. The molecule has 0 saturated carbocycles. The van der Waals surface area contributed by atoms with E-state index in [4.69, 9.17) is 46.2 Å². The van der Waals surface area contributed by atoms with E-state index in [9.17, 15) is 34.2 Å². The number of carbonyl (C=O) groups is 5. The summed E-state index contributed by atoms with van der Waals surface area (Å²) in [5.41, 5.74) is 5.26. The predicted octanol–water partition coefficient (Wildman–Crippen LogP) is -0.850. The highest BCUT2D eigenvalue weighted by Gasteiger charge is 2.41. The summed E-state index contributed by atoms with van der Waals surface area (Å²) < 4.78 is 4.70. The van der Waals surface area contributed by atoms with Gasteiger partial charge in [0.05, 0.1) is 12.6 Å². The van der Waals surface area contributed by atoms with Gasteiger partial charge in [-0.2, -0.15) is 0 Å². The fourth-order valence-electron chi connectivity index (χ4n) is 1.12. The van der Waals surface area contributed by atoms with Crippen LogP contribution in [0, 0.1) is 0 Å². The van der Waals surface area contributed by atoms with Gasteiger partial charge in [-0.1, -0.05) is 34.6 Å². The smallest absolute Gasteiger partial charge is 0.303 e. The number of hydrogen-bond donors (Lipinski definition) is 10. The second-order valence-electron chi connectivity index (χ2n) is 6.54. The van der Waals surface area contributed by atoms with Gasteiger partial charge in [0.25, 0.3) is 0 Å². The maximum Gasteiger partial charge on any atom is 0.303 e. The first-order valence-electron chi connectivity index (χ1n) is 11.1. The first kappa shape index (κ1) is 44.1. The zero-order valence-electron chi connectivity index (χ0n) is 21.7. The van der Waals surface area contributed by atoms with Gasteiger partial charge in [0.2, 0.25) is 0 Å². The van der Waals surface area contributed by atoms with E-state index in [0.29, 0.717) is 0 Å². The number of carboxylic acid groups (broad SMARTS) is 5. The zero-order valence-corrected chi connectivity index (χ0v) is 21.7. The molecule has 0 amide bonds. The van der Waals surface area contributed by atoms with Crippen LogP contribution >= 0.6 is 0 Å². The molecule has 37 heavy (non-hydrogen) atoms. The first-order chi connectivity index (χ1) is 16.9. The minimum atomic E-state index is -1.35. The largest absolute Gasteiger partial charge is 0.481 e. The van der Waals surface area contributed by atoms with Crippen LogP contribution in [0.2, 0.25) is 0 Å². The summed E-state index contributed by atoms with van der Waals surface area (Å²) >= 11 is 0. The fourth-order valence-corrected chi connectivity index (χ4v) is 1.12. The van der Waals surface area contributed by atoms with Crippen molar-refractivity contribution in [2.24, 2.45) is 5.73 Å². The monoisotopic (exact) mass is 549 g/mol. The predicted molar refractivity (Wildman–Crippen MR) is 128 cm³/mol. The Morgan fingerprint density at radius 3 is 0.973 bits per heavy atom. The molecule has 1 fully saturated rings. The zero-order chi connectivity index (χ0) is 30.7. The van der Waals surface area contributed by atoms with E-state index in [1.807, 2.05) is 0 Å². The van der Waals surface area contributed by atoms with Crippen molar-refractivity contribution in [3.8, 4) is 0 Å². The SMILES string of the molecule is CCC(=O)O.CCC(=O)O.CCC(=O)O.CCC(=O)O.CCC(=O)O.N[C@@H]1[C@@H](O)[C@H](O)[C@@H](CO)O[C@@H]1O. The molecule has 0 bridgehead atoms. The van der Waals surface area contributed by atoms with Gasteiger partial charge in [-0.3, -0.25) is 24.0 Å². The summed E-state index contributed by atoms with van der Waals surface area (Å²) in [6.45, 7) is 7.53. The van der Waals surface area contributed by atoms with E-state index in [0.717, 1.165) is 0 Å². The average Bonchev–Trinajstić information content (AvgIpc) is 2.86. The highest BCUT2D eigenvalue weighted by atomic mass is 16.6. The molecule has 11 N–H and O–H groups in total. The van der Waals surface area contributed by atoms with Crippen LogP contribution in [0.1, 0.15) is 66.7 Å². The van der Waals surface area contributed by atoms with Gasteiger partial charge in [-0.25, -0.2) is 0 Å². The molecule has 0 aromatic carbocycles. The fraction of sp³-hybridized carbons (Fsp3) is 0.762. The molecular formula is C21H43NO15. The summed E-state index contributed by atoms with van der Waals surface area (Å²) in [4.78, 5) is 46.8. The van der Waals surface area contributed by atoms with Crippen LogP contribution in [0.5, 0.6) is 0 Å². The van der Waals surface area contributed by atoms with E-state index < -0.39 is 67.1 Å². The Labute approximate surface area is 214 Å². The third-order valence-electron chi connectivity index (χ3n) is 3.46. The van der Waals surface area contributed by atoms with Crippen LogP contribution in [-0.2, 0) is 28.7 Å². The molecule has 0 radical (unpaired) electrons. The van der Waals surface area contributed by atoms with Gasteiger partial charge in [0.1, 0.15) is 18.3 Å². The second kappa shape index (κ2) is 29.3. The molecule has 5 atom stereocenters. The Balaban J connectivity index is -0.000000118. The third kappa shape index (κ3) is 37.8. The van der Waals surface area contributed by atoms with E-state index >= 15 is 0 Å². The van der Waals surface area contributed by atoms with Gasteiger partial charge < -0.3 is 56.4 Å². The Hall–Kier alpha value is -2.89. The van der Waals surface area contributed by atoms with E-state index in [2.05, 4.69) is 0 Å². The van der Waals surface area contributed by atoms with Crippen molar-refractivity contribution < 1.29 is 74.7 Å². The minimum Gasteiger partial charge on any atom is -0.481 e. The van der Waals surface area contributed by atoms with Crippen molar-refractivity contribution >= 4 is 29.8 Å². The number of aliphatic hydroxyl groups is 4. The second-order valence-corrected chi connectivity index (χ2v) is 6.54. The average molecular weight is 550 g/mol. The molecule has 0 unspecified atom stereocenters. The van der Waals surface area contributed by atoms with Gasteiger partial charge >= 0.3 is 29.8 Å². The lowest BCUT2D eigenvalue weighted by molar-refractivity contribution is -0.248. The van der Waals surface area contributed by atoms with Gasteiger partial charge in [-0.15, -0.1) is 0 Å². The molecule has 1 heterocycles. The van der Waals surface area contributed by atoms with Crippen molar-refractivity contribution in [3.63, 3.8) is 0 Å². The molecule has 1 aliphatic heterocycles. The van der Waals surface area contributed by atoms with Crippen molar-refractivity contribution in [1.29, 1.82) is 0 Å². The molecule has 0 aliphatic carbocycles. The van der Waals surface area contributed by atoms with Crippen LogP contribution in [-0.4, -0.2) is 113 Å². The summed E-state index contributed by atoms with van der Waals surface area (Å²) in [7, 11) is 0. The van der Waals surface area contributed by atoms with Crippen molar-refractivity contribution in [2.45, 2.75) is 97.4 Å². The molecule has 16 nitrogen and oxygen atoms in total. The van der Waals surface area contributed by atoms with Gasteiger partial charge in [-0.05, 0) is 0 Å². The molecule has 222 valence electrons. The lowest BCUT2D eigenvalue weighted by Gasteiger charge is -2.38.